The lowest BCUT2D eigenvalue weighted by molar-refractivity contribution is 0.0628. The third-order valence-corrected chi connectivity index (χ3v) is 5.50. The average molecular weight is 393 g/mol. The molecule has 2 aromatic rings. The maximum Gasteiger partial charge on any atom is 0.255 e. The van der Waals surface area contributed by atoms with E-state index in [4.69, 9.17) is 32.7 Å². The van der Waals surface area contributed by atoms with Gasteiger partial charge in [0.15, 0.2) is 11.5 Å². The first-order chi connectivity index (χ1) is 12.6. The van der Waals surface area contributed by atoms with E-state index in [0.29, 0.717) is 28.7 Å². The molecule has 0 aromatic heterocycles. The minimum Gasteiger partial charge on any atom is -0.454 e. The minimum atomic E-state index is -0.0692. The minimum absolute atomic E-state index is 0.0692. The van der Waals surface area contributed by atoms with Crippen molar-refractivity contribution in [3.63, 3.8) is 0 Å². The largest absolute Gasteiger partial charge is 0.454 e. The summed E-state index contributed by atoms with van der Waals surface area (Å²) in [6.45, 7) is 4.03. The lowest BCUT2D eigenvalue weighted by Crippen LogP contribution is -2.48. The van der Waals surface area contributed by atoms with Gasteiger partial charge < -0.3 is 14.4 Å². The summed E-state index contributed by atoms with van der Waals surface area (Å²) in [7, 11) is 0. The van der Waals surface area contributed by atoms with Crippen LogP contribution in [0.5, 0.6) is 11.5 Å². The summed E-state index contributed by atoms with van der Waals surface area (Å²) >= 11 is 12.2. The first-order valence-electron chi connectivity index (χ1n) is 8.46. The van der Waals surface area contributed by atoms with Gasteiger partial charge in [0.05, 0.1) is 15.6 Å². The fourth-order valence-corrected chi connectivity index (χ4v) is 3.63. The van der Waals surface area contributed by atoms with Crippen molar-refractivity contribution in [1.82, 2.24) is 9.80 Å². The van der Waals surface area contributed by atoms with Gasteiger partial charge in [0, 0.05) is 32.7 Å². The molecule has 136 valence electrons. The predicted octanol–water partition coefficient (Wildman–Crippen LogP) is 3.68. The highest BCUT2D eigenvalue weighted by atomic mass is 35.5. The van der Waals surface area contributed by atoms with E-state index in [0.717, 1.165) is 31.1 Å². The number of hydrogen-bond donors (Lipinski definition) is 0. The standard InChI is InChI=1S/C19H18Cl2N2O3/c20-15-3-1-2-14(18(15)21)19(24)23-8-6-22(7-9-23)11-13-4-5-16-17(10-13)26-12-25-16/h1-5,10H,6-9,11-12H2. The van der Waals surface area contributed by atoms with Crippen LogP contribution in [-0.4, -0.2) is 48.7 Å². The highest BCUT2D eigenvalue weighted by molar-refractivity contribution is 6.43. The quantitative estimate of drug-likeness (QED) is 0.798. The van der Waals surface area contributed by atoms with Gasteiger partial charge in [-0.15, -0.1) is 0 Å². The van der Waals surface area contributed by atoms with Crippen LogP contribution in [0.15, 0.2) is 36.4 Å². The van der Waals surface area contributed by atoms with Gasteiger partial charge in [-0.1, -0.05) is 35.3 Å². The van der Waals surface area contributed by atoms with Crippen molar-refractivity contribution in [2.75, 3.05) is 33.0 Å². The Labute approximate surface area is 162 Å². The first kappa shape index (κ1) is 17.5. The van der Waals surface area contributed by atoms with Crippen LogP contribution in [0.4, 0.5) is 0 Å². The van der Waals surface area contributed by atoms with E-state index in [9.17, 15) is 4.79 Å². The molecule has 0 spiro atoms. The molecule has 5 nitrogen and oxygen atoms in total. The van der Waals surface area contributed by atoms with Gasteiger partial charge >= 0.3 is 0 Å². The fraction of sp³-hybridized carbons (Fsp3) is 0.316. The van der Waals surface area contributed by atoms with E-state index in [2.05, 4.69) is 11.0 Å². The zero-order valence-electron chi connectivity index (χ0n) is 14.1. The first-order valence-corrected chi connectivity index (χ1v) is 9.21. The van der Waals surface area contributed by atoms with Gasteiger partial charge in [-0.3, -0.25) is 9.69 Å². The molecule has 2 heterocycles. The number of carbonyl (C=O) groups excluding carboxylic acids is 1. The van der Waals surface area contributed by atoms with Crippen LogP contribution in [-0.2, 0) is 6.54 Å². The number of benzene rings is 2. The van der Waals surface area contributed by atoms with Gasteiger partial charge in [0.2, 0.25) is 6.79 Å². The van der Waals surface area contributed by atoms with Crippen molar-refractivity contribution in [1.29, 1.82) is 0 Å². The topological polar surface area (TPSA) is 42.0 Å². The van der Waals surface area contributed by atoms with Crippen LogP contribution in [0.25, 0.3) is 0 Å². The molecule has 0 atom stereocenters. The molecule has 0 aliphatic carbocycles. The third kappa shape index (κ3) is 3.47. The van der Waals surface area contributed by atoms with Crippen molar-refractivity contribution < 1.29 is 14.3 Å². The third-order valence-electron chi connectivity index (χ3n) is 4.68. The van der Waals surface area contributed by atoms with Crippen LogP contribution in [0.3, 0.4) is 0 Å². The Balaban J connectivity index is 1.37. The summed E-state index contributed by atoms with van der Waals surface area (Å²) in [5, 5.41) is 0.723. The normalized spacial score (nSPS) is 16.8. The average Bonchev–Trinajstić information content (AvgIpc) is 3.12. The monoisotopic (exact) mass is 392 g/mol. The van der Waals surface area contributed by atoms with Crippen molar-refractivity contribution in [2.24, 2.45) is 0 Å². The number of carbonyl (C=O) groups is 1. The molecule has 1 fully saturated rings. The zero-order chi connectivity index (χ0) is 18.1. The molecular weight excluding hydrogens is 375 g/mol. The van der Waals surface area contributed by atoms with Crippen LogP contribution in [0.2, 0.25) is 10.0 Å². The molecule has 1 amide bonds. The van der Waals surface area contributed by atoms with Crippen LogP contribution in [0.1, 0.15) is 15.9 Å². The molecule has 1 saturated heterocycles. The molecule has 0 bridgehead atoms. The smallest absolute Gasteiger partial charge is 0.255 e. The molecular formula is C19H18Cl2N2O3. The van der Waals surface area contributed by atoms with E-state index in [1.54, 1.807) is 18.2 Å². The maximum absolute atomic E-state index is 12.7. The second-order valence-electron chi connectivity index (χ2n) is 6.36. The fourth-order valence-electron chi connectivity index (χ4n) is 3.25. The van der Waals surface area contributed by atoms with E-state index in [1.807, 2.05) is 17.0 Å². The van der Waals surface area contributed by atoms with Gasteiger partial charge in [0.1, 0.15) is 0 Å². The number of piperazine rings is 1. The second kappa shape index (κ2) is 7.35. The summed E-state index contributed by atoms with van der Waals surface area (Å²) < 4.78 is 10.8. The Hall–Kier alpha value is -1.95. The van der Waals surface area contributed by atoms with Crippen LogP contribution in [0, 0.1) is 0 Å². The lowest BCUT2D eigenvalue weighted by Gasteiger charge is -2.35. The van der Waals surface area contributed by atoms with E-state index < -0.39 is 0 Å². The lowest BCUT2D eigenvalue weighted by atomic mass is 10.1. The summed E-state index contributed by atoms with van der Waals surface area (Å²) in [5.41, 5.74) is 1.63. The van der Waals surface area contributed by atoms with Crippen molar-refractivity contribution in [3.8, 4) is 11.5 Å². The summed E-state index contributed by atoms with van der Waals surface area (Å²) in [6, 6.07) is 11.2. The van der Waals surface area contributed by atoms with Gasteiger partial charge in [-0.25, -0.2) is 0 Å². The SMILES string of the molecule is O=C(c1cccc(Cl)c1Cl)N1CCN(Cc2ccc3c(c2)OCO3)CC1. The van der Waals surface area contributed by atoms with E-state index in [1.165, 1.54) is 5.56 Å². The number of fused-ring (bicyclic) bond motifs is 1. The van der Waals surface area contributed by atoms with Gasteiger partial charge in [-0.05, 0) is 29.8 Å². The number of rotatable bonds is 3. The number of ether oxygens (including phenoxy) is 2. The predicted molar refractivity (Wildman–Crippen MR) is 100 cm³/mol. The van der Waals surface area contributed by atoms with Crippen molar-refractivity contribution in [3.05, 3.63) is 57.6 Å². The molecule has 4 rings (SSSR count). The molecule has 0 N–H and O–H groups in total. The Kier molecular flexibility index (Phi) is 4.94. The van der Waals surface area contributed by atoms with Gasteiger partial charge in [-0.2, -0.15) is 0 Å². The molecule has 2 aromatic carbocycles. The number of amides is 1. The number of hydrogen-bond acceptors (Lipinski definition) is 4. The molecule has 7 heteroatoms. The zero-order valence-corrected chi connectivity index (χ0v) is 15.6. The van der Waals surface area contributed by atoms with Crippen molar-refractivity contribution in [2.45, 2.75) is 6.54 Å². The van der Waals surface area contributed by atoms with Gasteiger partial charge in [0.25, 0.3) is 5.91 Å². The Morgan fingerprint density at radius 3 is 2.58 bits per heavy atom. The molecule has 2 aliphatic heterocycles. The summed E-state index contributed by atoms with van der Waals surface area (Å²) in [5.74, 6) is 1.52. The Morgan fingerprint density at radius 2 is 1.77 bits per heavy atom. The van der Waals surface area contributed by atoms with Crippen LogP contribution >= 0.6 is 23.2 Å². The second-order valence-corrected chi connectivity index (χ2v) is 7.14. The Morgan fingerprint density at radius 1 is 1.00 bits per heavy atom. The number of nitrogens with zero attached hydrogens (tertiary/aromatic N) is 2. The Bertz CT molecular complexity index is 836. The van der Waals surface area contributed by atoms with E-state index in [-0.39, 0.29) is 12.7 Å². The maximum atomic E-state index is 12.7. The van der Waals surface area contributed by atoms with E-state index >= 15 is 0 Å². The summed E-state index contributed by atoms with van der Waals surface area (Å²) in [4.78, 5) is 16.8. The molecule has 0 saturated carbocycles. The number of halogens is 2. The van der Waals surface area contributed by atoms with Crippen LogP contribution < -0.4 is 9.47 Å². The highest BCUT2D eigenvalue weighted by Crippen LogP contribution is 2.33. The molecule has 0 unspecified atom stereocenters. The summed E-state index contributed by atoms with van der Waals surface area (Å²) in [6.07, 6.45) is 0. The molecule has 0 radical (unpaired) electrons. The highest BCUT2D eigenvalue weighted by Gasteiger charge is 2.24. The molecule has 2 aliphatic rings. The van der Waals surface area contributed by atoms with Crippen molar-refractivity contribution >= 4 is 29.1 Å². The molecule has 26 heavy (non-hydrogen) atoms.